The number of methoxy groups -OCH3 is 1. The third kappa shape index (κ3) is 5.45. The van der Waals surface area contributed by atoms with Gasteiger partial charge in [-0.15, -0.1) is 0 Å². The van der Waals surface area contributed by atoms with Crippen LogP contribution in [0.4, 0.5) is 0 Å². The molecule has 1 aliphatic rings. The molecule has 1 aliphatic heterocycles. The molecule has 1 fully saturated rings. The molecule has 148 valence electrons. The Morgan fingerprint density at radius 3 is 2.68 bits per heavy atom. The van der Waals surface area contributed by atoms with Crippen LogP contribution in [0.15, 0.2) is 48.8 Å². The predicted octanol–water partition coefficient (Wildman–Crippen LogP) is 2.14. The first-order valence-corrected chi connectivity index (χ1v) is 9.38. The number of hydrogen-bond donors (Lipinski definition) is 1. The monoisotopic (exact) mass is 383 g/mol. The van der Waals surface area contributed by atoms with Crippen LogP contribution in [0.2, 0.25) is 0 Å². The summed E-state index contributed by atoms with van der Waals surface area (Å²) in [4.78, 5) is 30.3. The first kappa shape index (κ1) is 19.7. The minimum absolute atomic E-state index is 0.0160. The van der Waals surface area contributed by atoms with Crippen LogP contribution < -0.4 is 14.8 Å². The molecule has 7 nitrogen and oxygen atoms in total. The second kappa shape index (κ2) is 9.73. The Morgan fingerprint density at radius 2 is 1.96 bits per heavy atom. The zero-order valence-electron chi connectivity index (χ0n) is 16.0. The topological polar surface area (TPSA) is 80.8 Å². The summed E-state index contributed by atoms with van der Waals surface area (Å²) in [5, 5.41) is 2.92. The van der Waals surface area contributed by atoms with E-state index in [4.69, 9.17) is 9.47 Å². The molecule has 1 aromatic carbocycles. The lowest BCUT2D eigenvalue weighted by molar-refractivity contribution is -0.123. The molecule has 1 aromatic heterocycles. The van der Waals surface area contributed by atoms with E-state index in [1.54, 1.807) is 43.8 Å². The number of likely N-dealkylation sites (tertiary alicyclic amines) is 1. The number of piperidine rings is 1. The normalized spacial score (nSPS) is 14.4. The number of pyridine rings is 1. The highest BCUT2D eigenvalue weighted by Crippen LogP contribution is 2.19. The van der Waals surface area contributed by atoms with Crippen molar-refractivity contribution in [2.45, 2.75) is 12.8 Å². The van der Waals surface area contributed by atoms with Crippen LogP contribution in [0.3, 0.4) is 0 Å². The fourth-order valence-corrected chi connectivity index (χ4v) is 3.16. The Labute approximate surface area is 164 Å². The fraction of sp³-hybridized carbons (Fsp3) is 0.381. The summed E-state index contributed by atoms with van der Waals surface area (Å²) >= 11 is 0. The number of ether oxygens (including phenoxy) is 2. The number of nitrogens with one attached hydrogen (secondary N) is 1. The van der Waals surface area contributed by atoms with Gasteiger partial charge in [0.1, 0.15) is 11.5 Å². The van der Waals surface area contributed by atoms with Crippen molar-refractivity contribution < 1.29 is 19.1 Å². The van der Waals surface area contributed by atoms with Gasteiger partial charge in [-0.05, 0) is 43.0 Å². The molecular formula is C21H25N3O4. The molecule has 0 aliphatic carbocycles. The molecule has 0 atom stereocenters. The van der Waals surface area contributed by atoms with Gasteiger partial charge in [0.05, 0.1) is 12.7 Å². The summed E-state index contributed by atoms with van der Waals surface area (Å²) in [7, 11) is 1.58. The van der Waals surface area contributed by atoms with E-state index >= 15 is 0 Å². The maximum atomic E-state index is 12.4. The zero-order chi connectivity index (χ0) is 19.8. The predicted molar refractivity (Wildman–Crippen MR) is 104 cm³/mol. The second-order valence-electron chi connectivity index (χ2n) is 6.75. The number of carbonyl (C=O) groups is 2. The quantitative estimate of drug-likeness (QED) is 0.792. The third-order valence-electron chi connectivity index (χ3n) is 4.81. The van der Waals surface area contributed by atoms with Gasteiger partial charge in [0.2, 0.25) is 0 Å². The smallest absolute Gasteiger partial charge is 0.257 e. The number of benzene rings is 1. The molecule has 0 unspecified atom stereocenters. The summed E-state index contributed by atoms with van der Waals surface area (Å²) in [6.45, 7) is 1.93. The molecule has 0 saturated carbocycles. The molecule has 1 saturated heterocycles. The van der Waals surface area contributed by atoms with Gasteiger partial charge < -0.3 is 19.7 Å². The highest BCUT2D eigenvalue weighted by Gasteiger charge is 2.24. The van der Waals surface area contributed by atoms with E-state index in [1.807, 2.05) is 17.0 Å². The molecule has 0 spiro atoms. The van der Waals surface area contributed by atoms with Crippen LogP contribution in [0.1, 0.15) is 23.2 Å². The highest BCUT2D eigenvalue weighted by molar-refractivity contribution is 5.93. The van der Waals surface area contributed by atoms with Crippen LogP contribution >= 0.6 is 0 Å². The van der Waals surface area contributed by atoms with Gasteiger partial charge >= 0.3 is 0 Å². The Hall–Kier alpha value is -3.09. The van der Waals surface area contributed by atoms with E-state index in [2.05, 4.69) is 10.3 Å². The van der Waals surface area contributed by atoms with E-state index in [9.17, 15) is 9.59 Å². The number of hydrogen-bond acceptors (Lipinski definition) is 5. The van der Waals surface area contributed by atoms with Crippen molar-refractivity contribution in [2.75, 3.05) is 33.4 Å². The van der Waals surface area contributed by atoms with E-state index in [0.29, 0.717) is 42.6 Å². The SMILES string of the molecule is COc1cccc(OCC(=O)NCC2CCN(C(=O)c3cccnc3)CC2)c1. The first-order valence-electron chi connectivity index (χ1n) is 9.38. The molecule has 0 radical (unpaired) electrons. The van der Waals surface area contributed by atoms with Gasteiger partial charge in [-0.1, -0.05) is 6.07 Å². The maximum absolute atomic E-state index is 12.4. The molecule has 0 bridgehead atoms. The number of carbonyl (C=O) groups excluding carboxylic acids is 2. The van der Waals surface area contributed by atoms with Crippen LogP contribution in [0, 0.1) is 5.92 Å². The molecule has 7 heteroatoms. The number of nitrogens with zero attached hydrogens (tertiary/aromatic N) is 2. The summed E-state index contributed by atoms with van der Waals surface area (Å²) < 4.78 is 10.6. The first-order chi connectivity index (χ1) is 13.7. The van der Waals surface area contributed by atoms with Crippen molar-refractivity contribution in [2.24, 2.45) is 5.92 Å². The van der Waals surface area contributed by atoms with E-state index in [-0.39, 0.29) is 18.4 Å². The van der Waals surface area contributed by atoms with E-state index < -0.39 is 0 Å². The number of rotatable bonds is 7. The van der Waals surface area contributed by atoms with Gasteiger partial charge in [0, 0.05) is 38.1 Å². The van der Waals surface area contributed by atoms with Crippen molar-refractivity contribution in [1.82, 2.24) is 15.2 Å². The summed E-state index contributed by atoms with van der Waals surface area (Å²) in [5.74, 6) is 1.50. The van der Waals surface area contributed by atoms with E-state index in [1.165, 1.54) is 0 Å². The average Bonchev–Trinajstić information content (AvgIpc) is 2.77. The molecule has 1 N–H and O–H groups in total. The number of amides is 2. The average molecular weight is 383 g/mol. The molecule has 3 rings (SSSR count). The lowest BCUT2D eigenvalue weighted by Crippen LogP contribution is -2.42. The lowest BCUT2D eigenvalue weighted by Gasteiger charge is -2.32. The van der Waals surface area contributed by atoms with Crippen molar-refractivity contribution >= 4 is 11.8 Å². The van der Waals surface area contributed by atoms with Crippen LogP contribution in [-0.4, -0.2) is 55.0 Å². The van der Waals surface area contributed by atoms with Crippen LogP contribution in [0.5, 0.6) is 11.5 Å². The van der Waals surface area contributed by atoms with Crippen molar-refractivity contribution in [3.63, 3.8) is 0 Å². The van der Waals surface area contributed by atoms with Crippen molar-refractivity contribution in [1.29, 1.82) is 0 Å². The van der Waals surface area contributed by atoms with Gasteiger partial charge in [-0.25, -0.2) is 0 Å². The summed E-state index contributed by atoms with van der Waals surface area (Å²) in [6.07, 6.45) is 4.98. The Morgan fingerprint density at radius 1 is 1.18 bits per heavy atom. The molecular weight excluding hydrogens is 358 g/mol. The van der Waals surface area contributed by atoms with Gasteiger partial charge in [0.25, 0.3) is 11.8 Å². The largest absolute Gasteiger partial charge is 0.497 e. The highest BCUT2D eigenvalue weighted by atomic mass is 16.5. The Bertz CT molecular complexity index is 789. The maximum Gasteiger partial charge on any atom is 0.257 e. The molecule has 2 amide bonds. The van der Waals surface area contributed by atoms with Gasteiger partial charge in [0.15, 0.2) is 6.61 Å². The molecule has 28 heavy (non-hydrogen) atoms. The van der Waals surface area contributed by atoms with Crippen molar-refractivity contribution in [3.05, 3.63) is 54.4 Å². The van der Waals surface area contributed by atoms with Crippen molar-refractivity contribution in [3.8, 4) is 11.5 Å². The Kier molecular flexibility index (Phi) is 6.84. The summed E-state index contributed by atoms with van der Waals surface area (Å²) in [6, 6.07) is 10.7. The second-order valence-corrected chi connectivity index (χ2v) is 6.75. The molecule has 2 heterocycles. The minimum Gasteiger partial charge on any atom is -0.497 e. The zero-order valence-corrected chi connectivity index (χ0v) is 16.0. The summed E-state index contributed by atoms with van der Waals surface area (Å²) in [5.41, 5.74) is 0.615. The fourth-order valence-electron chi connectivity index (χ4n) is 3.16. The minimum atomic E-state index is -0.156. The standard InChI is InChI=1S/C21H25N3O4/c1-27-18-5-2-6-19(12-18)28-15-20(25)23-13-16-7-10-24(11-8-16)21(26)17-4-3-9-22-14-17/h2-6,9,12,14,16H,7-8,10-11,13,15H2,1H3,(H,23,25). The number of aromatic nitrogens is 1. The van der Waals surface area contributed by atoms with Crippen LogP contribution in [0.25, 0.3) is 0 Å². The van der Waals surface area contributed by atoms with Gasteiger partial charge in [-0.2, -0.15) is 0 Å². The van der Waals surface area contributed by atoms with Crippen LogP contribution in [-0.2, 0) is 4.79 Å². The van der Waals surface area contributed by atoms with E-state index in [0.717, 1.165) is 12.8 Å². The lowest BCUT2D eigenvalue weighted by atomic mass is 9.96. The Balaban J connectivity index is 1.37. The van der Waals surface area contributed by atoms with Gasteiger partial charge in [-0.3, -0.25) is 14.6 Å². The third-order valence-corrected chi connectivity index (χ3v) is 4.81. The molecule has 2 aromatic rings.